The van der Waals surface area contributed by atoms with Gasteiger partial charge < -0.3 is 11.1 Å². The number of amides is 1. The number of rotatable bonds is 4. The molecule has 0 saturated heterocycles. The highest BCUT2D eigenvalue weighted by atomic mass is 19.4. The van der Waals surface area contributed by atoms with Crippen LogP contribution in [0, 0.1) is 11.7 Å². The lowest BCUT2D eigenvalue weighted by Gasteiger charge is -2.18. The molecule has 1 amide bonds. The lowest BCUT2D eigenvalue weighted by Crippen LogP contribution is -2.35. The fourth-order valence-electron chi connectivity index (χ4n) is 2.20. The van der Waals surface area contributed by atoms with Gasteiger partial charge in [0.1, 0.15) is 5.82 Å². The molecule has 0 bridgehead atoms. The Hall–Kier alpha value is -2.85. The molecule has 1 aromatic carbocycles. The first kappa shape index (κ1) is 21.5. The summed E-state index contributed by atoms with van der Waals surface area (Å²) < 4.78 is 90.6. The molecular weight excluding hydrogens is 395 g/mol. The van der Waals surface area contributed by atoms with Crippen molar-refractivity contribution in [3.05, 3.63) is 47.4 Å². The summed E-state index contributed by atoms with van der Waals surface area (Å²) >= 11 is 0. The van der Waals surface area contributed by atoms with Gasteiger partial charge in [0.2, 0.25) is 0 Å². The Morgan fingerprint density at radius 1 is 1.14 bits per heavy atom. The largest absolute Gasteiger partial charge is 0.418 e. The van der Waals surface area contributed by atoms with Crippen LogP contribution in [0.2, 0.25) is 0 Å². The minimum absolute atomic E-state index is 0.147. The van der Waals surface area contributed by atoms with Gasteiger partial charge in [0.15, 0.2) is 5.69 Å². The number of nitrogens with zero attached hydrogens (tertiary/aromatic N) is 1. The molecule has 1 atom stereocenters. The van der Waals surface area contributed by atoms with Crippen molar-refractivity contribution in [1.82, 2.24) is 10.3 Å². The van der Waals surface area contributed by atoms with Crippen LogP contribution in [0.3, 0.4) is 0 Å². The topological polar surface area (TPSA) is 68.0 Å². The third kappa shape index (κ3) is 4.90. The zero-order valence-electron chi connectivity index (χ0n) is 14.2. The predicted molar refractivity (Wildman–Crippen MR) is 86.6 cm³/mol. The number of nitrogen functional groups attached to an aromatic ring is 1. The Kier molecular flexibility index (Phi) is 5.86. The van der Waals surface area contributed by atoms with Crippen molar-refractivity contribution in [3.8, 4) is 11.3 Å². The lowest BCUT2D eigenvalue weighted by molar-refractivity contribution is -0.167. The van der Waals surface area contributed by atoms with Crippen molar-refractivity contribution < 1.29 is 35.5 Å². The van der Waals surface area contributed by atoms with Gasteiger partial charge in [0, 0.05) is 12.1 Å². The number of carbonyl (C=O) groups excluding carboxylic acids is 1. The average Bonchev–Trinajstić information content (AvgIpc) is 2.58. The molecule has 0 fully saturated rings. The van der Waals surface area contributed by atoms with Gasteiger partial charge in [-0.2, -0.15) is 26.3 Å². The zero-order valence-corrected chi connectivity index (χ0v) is 14.2. The van der Waals surface area contributed by atoms with Gasteiger partial charge in [-0.1, -0.05) is 6.92 Å². The molecule has 0 aliphatic heterocycles. The van der Waals surface area contributed by atoms with Crippen molar-refractivity contribution in [2.24, 2.45) is 5.92 Å². The first-order valence-electron chi connectivity index (χ1n) is 7.79. The van der Waals surface area contributed by atoms with Crippen LogP contribution < -0.4 is 11.1 Å². The van der Waals surface area contributed by atoms with Gasteiger partial charge in [-0.15, -0.1) is 0 Å². The van der Waals surface area contributed by atoms with Gasteiger partial charge in [0.25, 0.3) is 5.91 Å². The summed E-state index contributed by atoms with van der Waals surface area (Å²) in [5, 5.41) is 1.95. The molecule has 0 aliphatic rings. The van der Waals surface area contributed by atoms with E-state index in [9.17, 15) is 35.5 Å². The van der Waals surface area contributed by atoms with Crippen molar-refractivity contribution in [2.45, 2.75) is 19.3 Å². The first-order chi connectivity index (χ1) is 12.8. The zero-order chi connectivity index (χ0) is 21.3. The Labute approximate surface area is 154 Å². The third-order valence-electron chi connectivity index (χ3n) is 3.82. The van der Waals surface area contributed by atoms with E-state index < -0.39 is 59.2 Å². The number of benzene rings is 1. The highest BCUT2D eigenvalue weighted by Crippen LogP contribution is 2.38. The first-order valence-corrected chi connectivity index (χ1v) is 7.79. The van der Waals surface area contributed by atoms with Crippen LogP contribution in [0.5, 0.6) is 0 Å². The number of nitrogens with one attached hydrogen (secondary N) is 1. The second-order valence-corrected chi connectivity index (χ2v) is 5.98. The monoisotopic (exact) mass is 409 g/mol. The van der Waals surface area contributed by atoms with Crippen molar-refractivity contribution in [2.75, 3.05) is 12.3 Å². The standard InChI is InChI=1S/C17H14F7N3O/c1-8(16(19,20)21)7-26-15(28)14-12(25)6-11(17(22,23)24)13(27-14)9-2-4-10(18)5-3-9/h2-6,8H,7,25H2,1H3,(H,26,28)/t8-/m1/s1. The van der Waals surface area contributed by atoms with Gasteiger partial charge in [-0.05, 0) is 30.3 Å². The molecule has 0 spiro atoms. The van der Waals surface area contributed by atoms with Crippen molar-refractivity contribution in [1.29, 1.82) is 0 Å². The summed E-state index contributed by atoms with van der Waals surface area (Å²) in [6, 6.07) is 4.32. The maximum Gasteiger partial charge on any atom is 0.418 e. The van der Waals surface area contributed by atoms with Crippen LogP contribution >= 0.6 is 0 Å². The summed E-state index contributed by atoms with van der Waals surface area (Å²) in [5.74, 6) is -3.75. The molecule has 0 radical (unpaired) electrons. The molecule has 0 saturated carbocycles. The Bertz CT molecular complexity index is 861. The van der Waals surface area contributed by atoms with Gasteiger partial charge in [0.05, 0.1) is 22.9 Å². The number of carbonyl (C=O) groups is 1. The highest BCUT2D eigenvalue weighted by Gasteiger charge is 2.37. The molecule has 1 aromatic heterocycles. The number of alkyl halides is 6. The van der Waals surface area contributed by atoms with Crippen LogP contribution in [0.1, 0.15) is 23.0 Å². The third-order valence-corrected chi connectivity index (χ3v) is 3.82. The fourth-order valence-corrected chi connectivity index (χ4v) is 2.20. The van der Waals surface area contributed by atoms with Gasteiger partial charge in [-0.3, -0.25) is 4.79 Å². The summed E-state index contributed by atoms with van der Waals surface area (Å²) in [6.45, 7) is 0.0180. The minimum Gasteiger partial charge on any atom is -0.397 e. The Morgan fingerprint density at radius 2 is 1.71 bits per heavy atom. The van der Waals surface area contributed by atoms with E-state index in [1.54, 1.807) is 0 Å². The van der Waals surface area contributed by atoms with Crippen LogP contribution in [0.4, 0.5) is 36.4 Å². The maximum absolute atomic E-state index is 13.3. The normalized spacial score (nSPS) is 13.3. The number of aromatic nitrogens is 1. The van der Waals surface area contributed by atoms with Crippen LogP contribution in [-0.2, 0) is 6.18 Å². The molecule has 28 heavy (non-hydrogen) atoms. The van der Waals surface area contributed by atoms with E-state index in [4.69, 9.17) is 5.73 Å². The lowest BCUT2D eigenvalue weighted by atomic mass is 10.0. The van der Waals surface area contributed by atoms with E-state index in [2.05, 4.69) is 4.98 Å². The smallest absolute Gasteiger partial charge is 0.397 e. The quantitative estimate of drug-likeness (QED) is 0.735. The van der Waals surface area contributed by atoms with Crippen LogP contribution in [0.15, 0.2) is 30.3 Å². The number of hydrogen-bond acceptors (Lipinski definition) is 3. The molecule has 3 N–H and O–H groups in total. The second kappa shape index (κ2) is 7.64. The Balaban J connectivity index is 2.45. The van der Waals surface area contributed by atoms with E-state index >= 15 is 0 Å². The van der Waals surface area contributed by atoms with Crippen molar-refractivity contribution >= 4 is 11.6 Å². The molecule has 1 heterocycles. The number of hydrogen-bond donors (Lipinski definition) is 2. The molecule has 2 rings (SSSR count). The second-order valence-electron chi connectivity index (χ2n) is 5.98. The molecule has 2 aromatic rings. The minimum atomic E-state index is -4.88. The summed E-state index contributed by atoms with van der Waals surface area (Å²) in [6.07, 6.45) is -9.45. The van der Waals surface area contributed by atoms with Gasteiger partial charge >= 0.3 is 12.4 Å². The summed E-state index contributed by atoms with van der Waals surface area (Å²) in [4.78, 5) is 15.8. The number of halogens is 7. The van der Waals surface area contributed by atoms with E-state index in [0.29, 0.717) is 6.07 Å². The Morgan fingerprint density at radius 3 is 2.21 bits per heavy atom. The van der Waals surface area contributed by atoms with Crippen LogP contribution in [0.25, 0.3) is 11.3 Å². The summed E-state index contributed by atoms with van der Waals surface area (Å²) in [5.41, 5.74) is 2.04. The molecule has 0 unspecified atom stereocenters. The number of anilines is 1. The number of nitrogens with two attached hydrogens (primary N) is 1. The number of pyridine rings is 1. The summed E-state index contributed by atoms with van der Waals surface area (Å²) in [7, 11) is 0. The molecule has 11 heteroatoms. The van der Waals surface area contributed by atoms with E-state index in [1.165, 1.54) is 0 Å². The highest BCUT2D eigenvalue weighted by molar-refractivity contribution is 5.98. The molecular formula is C17H14F7N3O. The van der Waals surface area contributed by atoms with Gasteiger partial charge in [-0.25, -0.2) is 9.37 Å². The average molecular weight is 409 g/mol. The SMILES string of the molecule is C[C@H](CNC(=O)c1nc(-c2ccc(F)cc2)c(C(F)(F)F)cc1N)C(F)(F)F. The van der Waals surface area contributed by atoms with Crippen LogP contribution in [-0.4, -0.2) is 23.6 Å². The van der Waals surface area contributed by atoms with Crippen molar-refractivity contribution in [3.63, 3.8) is 0 Å². The fraction of sp³-hybridized carbons (Fsp3) is 0.294. The predicted octanol–water partition coefficient (Wildman–Crippen LogP) is 4.42. The van der Waals surface area contributed by atoms with E-state index in [0.717, 1.165) is 31.2 Å². The van der Waals surface area contributed by atoms with E-state index in [1.807, 2.05) is 5.32 Å². The molecule has 4 nitrogen and oxygen atoms in total. The maximum atomic E-state index is 13.3. The molecule has 0 aliphatic carbocycles. The molecule has 152 valence electrons. The van der Waals surface area contributed by atoms with E-state index in [-0.39, 0.29) is 5.56 Å².